The van der Waals surface area contributed by atoms with Crippen LogP contribution in [-0.4, -0.2) is 35.0 Å². The number of carbonyl (C=O) groups is 1. The summed E-state index contributed by atoms with van der Waals surface area (Å²) >= 11 is 4.18. The summed E-state index contributed by atoms with van der Waals surface area (Å²) in [5.74, 6) is -2.06. The zero-order valence-electron chi connectivity index (χ0n) is 16.9. The molecule has 4 aromatic rings. The van der Waals surface area contributed by atoms with Crippen LogP contribution >= 0.6 is 27.7 Å². The van der Waals surface area contributed by atoms with Gasteiger partial charge < -0.3 is 4.90 Å². The SMILES string of the molecule is CN(Cc1ccc(F)cc1F)C(=O)c1ccc(Br)cc1NS(=O)(=O)c1cccc2nsnc12. The average molecular weight is 553 g/mol. The van der Waals surface area contributed by atoms with E-state index in [1.807, 2.05) is 0 Å². The third kappa shape index (κ3) is 4.87. The van der Waals surface area contributed by atoms with Crippen LogP contribution in [0.3, 0.4) is 0 Å². The molecular formula is C21H15BrF2N4O3S2. The number of benzene rings is 3. The number of aromatic nitrogens is 2. The number of nitrogens with zero attached hydrogens (tertiary/aromatic N) is 3. The fraction of sp³-hybridized carbons (Fsp3) is 0.0952. The summed E-state index contributed by atoms with van der Waals surface area (Å²) < 4.78 is 64.6. The first-order chi connectivity index (χ1) is 15.7. The number of rotatable bonds is 6. The summed E-state index contributed by atoms with van der Waals surface area (Å²) in [4.78, 5) is 14.2. The zero-order valence-corrected chi connectivity index (χ0v) is 20.1. The van der Waals surface area contributed by atoms with Crippen LogP contribution < -0.4 is 4.72 Å². The molecule has 0 aliphatic rings. The van der Waals surface area contributed by atoms with E-state index < -0.39 is 27.6 Å². The van der Waals surface area contributed by atoms with Crippen molar-refractivity contribution in [3.8, 4) is 0 Å². The highest BCUT2D eigenvalue weighted by atomic mass is 79.9. The van der Waals surface area contributed by atoms with Gasteiger partial charge in [0.15, 0.2) is 0 Å². The molecule has 1 heterocycles. The zero-order chi connectivity index (χ0) is 23.8. The van der Waals surface area contributed by atoms with E-state index in [9.17, 15) is 22.0 Å². The van der Waals surface area contributed by atoms with E-state index in [0.717, 1.165) is 23.9 Å². The molecule has 0 aliphatic heterocycles. The van der Waals surface area contributed by atoms with Gasteiger partial charge in [0.05, 0.1) is 23.0 Å². The van der Waals surface area contributed by atoms with Crippen molar-refractivity contribution in [3.63, 3.8) is 0 Å². The normalized spacial score (nSPS) is 11.5. The van der Waals surface area contributed by atoms with Gasteiger partial charge in [-0.25, -0.2) is 17.2 Å². The molecule has 3 aromatic carbocycles. The molecule has 0 atom stereocenters. The summed E-state index contributed by atoms with van der Waals surface area (Å²) in [7, 11) is -2.68. The summed E-state index contributed by atoms with van der Waals surface area (Å²) in [6, 6.07) is 12.2. The van der Waals surface area contributed by atoms with Gasteiger partial charge in [-0.1, -0.05) is 28.1 Å². The van der Waals surface area contributed by atoms with E-state index in [0.29, 0.717) is 9.99 Å². The van der Waals surface area contributed by atoms with Gasteiger partial charge in [0.2, 0.25) is 0 Å². The van der Waals surface area contributed by atoms with Crippen molar-refractivity contribution in [1.29, 1.82) is 0 Å². The second-order valence-corrected chi connectivity index (χ2v) is 10.2. The molecule has 0 unspecified atom stereocenters. The Morgan fingerprint density at radius 3 is 2.67 bits per heavy atom. The monoisotopic (exact) mass is 552 g/mol. The van der Waals surface area contributed by atoms with Crippen LogP contribution in [0, 0.1) is 11.6 Å². The first-order valence-corrected chi connectivity index (χ1v) is 12.4. The fourth-order valence-electron chi connectivity index (χ4n) is 3.17. The highest BCUT2D eigenvalue weighted by molar-refractivity contribution is 9.10. The van der Waals surface area contributed by atoms with E-state index >= 15 is 0 Å². The number of nitrogens with one attached hydrogen (secondary N) is 1. The second kappa shape index (κ2) is 9.12. The minimum atomic E-state index is -4.12. The molecule has 0 aliphatic carbocycles. The minimum absolute atomic E-state index is 0.0287. The van der Waals surface area contributed by atoms with Gasteiger partial charge in [-0.05, 0) is 36.4 Å². The van der Waals surface area contributed by atoms with Gasteiger partial charge in [0.25, 0.3) is 15.9 Å². The van der Waals surface area contributed by atoms with Crippen LogP contribution in [0.25, 0.3) is 11.0 Å². The van der Waals surface area contributed by atoms with E-state index in [4.69, 9.17) is 0 Å². The first kappa shape index (κ1) is 23.2. The summed E-state index contributed by atoms with van der Waals surface area (Å²) in [6.45, 7) is -0.142. The molecule has 33 heavy (non-hydrogen) atoms. The van der Waals surface area contributed by atoms with Crippen molar-refractivity contribution in [2.75, 3.05) is 11.8 Å². The molecule has 7 nitrogen and oxygen atoms in total. The molecule has 0 bridgehead atoms. The van der Waals surface area contributed by atoms with E-state index in [2.05, 4.69) is 29.4 Å². The van der Waals surface area contributed by atoms with Crippen molar-refractivity contribution in [1.82, 2.24) is 13.6 Å². The number of halogens is 3. The number of fused-ring (bicyclic) bond motifs is 1. The Balaban J connectivity index is 1.66. The largest absolute Gasteiger partial charge is 0.337 e. The number of amides is 1. The average Bonchev–Trinajstić information content (AvgIpc) is 3.24. The third-order valence-corrected chi connectivity index (χ3v) is 7.20. The number of hydrogen-bond acceptors (Lipinski definition) is 6. The number of anilines is 1. The minimum Gasteiger partial charge on any atom is -0.337 e. The van der Waals surface area contributed by atoms with Gasteiger partial charge in [-0.2, -0.15) is 8.75 Å². The molecule has 0 fully saturated rings. The Morgan fingerprint density at radius 2 is 1.91 bits per heavy atom. The molecule has 12 heteroatoms. The van der Waals surface area contributed by atoms with Gasteiger partial charge in [0.1, 0.15) is 27.6 Å². The van der Waals surface area contributed by atoms with Gasteiger partial charge in [-0.15, -0.1) is 0 Å². The summed E-state index contributed by atoms with van der Waals surface area (Å²) in [5, 5.41) is 0. The van der Waals surface area contributed by atoms with Gasteiger partial charge in [-0.3, -0.25) is 9.52 Å². The predicted molar refractivity (Wildman–Crippen MR) is 125 cm³/mol. The van der Waals surface area contributed by atoms with Crippen LogP contribution in [0.5, 0.6) is 0 Å². The molecule has 0 radical (unpaired) electrons. The smallest absolute Gasteiger partial charge is 0.264 e. The molecule has 1 aromatic heterocycles. The lowest BCUT2D eigenvalue weighted by Gasteiger charge is -2.20. The first-order valence-electron chi connectivity index (χ1n) is 9.39. The Bertz CT molecular complexity index is 1480. The van der Waals surface area contributed by atoms with Crippen molar-refractivity contribution in [3.05, 3.63) is 81.8 Å². The lowest BCUT2D eigenvalue weighted by molar-refractivity contribution is 0.0785. The van der Waals surface area contributed by atoms with Crippen LogP contribution in [0.4, 0.5) is 14.5 Å². The van der Waals surface area contributed by atoms with E-state index in [1.165, 1.54) is 36.2 Å². The highest BCUT2D eigenvalue weighted by Crippen LogP contribution is 2.28. The second-order valence-electron chi connectivity index (χ2n) is 7.08. The standard InChI is InChI=1S/C21H15BrF2N4O3S2/c1-28(11-12-5-7-14(23)10-16(12)24)21(29)15-8-6-13(22)9-18(15)27-33(30,31)19-4-2-3-17-20(19)26-32-25-17/h2-10,27H,11H2,1H3. The summed E-state index contributed by atoms with van der Waals surface area (Å²) in [5.41, 5.74) is 0.863. The molecule has 0 spiro atoms. The van der Waals surface area contributed by atoms with E-state index in [-0.39, 0.29) is 33.8 Å². The molecule has 4 rings (SSSR count). The van der Waals surface area contributed by atoms with Gasteiger partial charge >= 0.3 is 0 Å². The maximum absolute atomic E-state index is 14.0. The Hall–Kier alpha value is -2.96. The predicted octanol–water partition coefficient (Wildman–Crippen LogP) is 4.81. The van der Waals surface area contributed by atoms with Crippen molar-refractivity contribution in [2.45, 2.75) is 11.4 Å². The van der Waals surface area contributed by atoms with Crippen molar-refractivity contribution < 1.29 is 22.0 Å². The Kier molecular flexibility index (Phi) is 6.41. The number of carbonyl (C=O) groups excluding carboxylic acids is 1. The highest BCUT2D eigenvalue weighted by Gasteiger charge is 2.24. The molecule has 170 valence electrons. The molecular weight excluding hydrogens is 538 g/mol. The van der Waals surface area contributed by atoms with E-state index in [1.54, 1.807) is 18.2 Å². The van der Waals surface area contributed by atoms with Crippen molar-refractivity contribution in [2.24, 2.45) is 0 Å². The van der Waals surface area contributed by atoms with Crippen LogP contribution in [0.1, 0.15) is 15.9 Å². The number of hydrogen-bond donors (Lipinski definition) is 1. The Morgan fingerprint density at radius 1 is 1.12 bits per heavy atom. The van der Waals surface area contributed by atoms with Crippen LogP contribution in [0.15, 0.2) is 64.0 Å². The quantitative estimate of drug-likeness (QED) is 0.370. The lowest BCUT2D eigenvalue weighted by Crippen LogP contribution is -2.28. The Labute approximate surface area is 200 Å². The molecule has 0 saturated heterocycles. The number of sulfonamides is 1. The fourth-order valence-corrected chi connectivity index (χ4v) is 5.37. The lowest BCUT2D eigenvalue weighted by atomic mass is 10.1. The van der Waals surface area contributed by atoms with Gasteiger partial charge in [0, 0.05) is 29.7 Å². The van der Waals surface area contributed by atoms with Crippen LogP contribution in [-0.2, 0) is 16.6 Å². The summed E-state index contributed by atoms with van der Waals surface area (Å²) in [6.07, 6.45) is 0. The maximum atomic E-state index is 14.0. The molecule has 1 N–H and O–H groups in total. The van der Waals surface area contributed by atoms with Crippen LogP contribution in [0.2, 0.25) is 0 Å². The topological polar surface area (TPSA) is 92.3 Å². The molecule has 1 amide bonds. The maximum Gasteiger partial charge on any atom is 0.264 e. The molecule has 0 saturated carbocycles. The van der Waals surface area contributed by atoms with Crippen molar-refractivity contribution >= 4 is 60.3 Å². The third-order valence-electron chi connectivity index (χ3n) is 4.76.